The molecule has 0 unspecified atom stereocenters. The van der Waals surface area contributed by atoms with Crippen molar-refractivity contribution in [1.29, 1.82) is 0 Å². The number of para-hydroxylation sites is 1. The molecule has 6 heteroatoms. The summed E-state index contributed by atoms with van der Waals surface area (Å²) in [5.41, 5.74) is 2.59. The molecule has 0 radical (unpaired) electrons. The summed E-state index contributed by atoms with van der Waals surface area (Å²) in [5.74, 6) is 1.07. The second kappa shape index (κ2) is 9.39. The van der Waals surface area contributed by atoms with E-state index in [4.69, 9.17) is 4.74 Å². The van der Waals surface area contributed by atoms with Crippen LogP contribution in [0.5, 0.6) is 5.75 Å². The first-order chi connectivity index (χ1) is 13.1. The molecule has 4 nitrogen and oxygen atoms in total. The van der Waals surface area contributed by atoms with Crippen molar-refractivity contribution in [3.05, 3.63) is 76.5 Å². The number of nitrogens with one attached hydrogen (secondary N) is 1. The molecule has 0 aliphatic rings. The van der Waals surface area contributed by atoms with Crippen LogP contribution >= 0.6 is 23.1 Å². The largest absolute Gasteiger partial charge is 0.484 e. The van der Waals surface area contributed by atoms with E-state index in [2.05, 4.69) is 22.1 Å². The SMILES string of the molecule is CC(=O)c1cccc(OCC(=O)Nc2ccccc2SCc2ccsc2)c1. The van der Waals surface area contributed by atoms with E-state index >= 15 is 0 Å². The first-order valence-corrected chi connectivity index (χ1v) is 10.3. The maximum Gasteiger partial charge on any atom is 0.262 e. The lowest BCUT2D eigenvalue weighted by molar-refractivity contribution is -0.118. The monoisotopic (exact) mass is 397 g/mol. The zero-order chi connectivity index (χ0) is 19.1. The third-order valence-electron chi connectivity index (χ3n) is 3.75. The molecular formula is C21H19NO3S2. The van der Waals surface area contributed by atoms with E-state index in [0.717, 1.165) is 16.3 Å². The van der Waals surface area contributed by atoms with Gasteiger partial charge in [-0.05, 0) is 53.6 Å². The highest BCUT2D eigenvalue weighted by Gasteiger charge is 2.09. The minimum absolute atomic E-state index is 0.0403. The quantitative estimate of drug-likeness (QED) is 0.416. The van der Waals surface area contributed by atoms with Gasteiger partial charge in [0.2, 0.25) is 0 Å². The average molecular weight is 398 g/mol. The first kappa shape index (κ1) is 19.2. The molecule has 0 saturated carbocycles. The Bertz CT molecular complexity index is 923. The smallest absolute Gasteiger partial charge is 0.262 e. The van der Waals surface area contributed by atoms with Crippen LogP contribution in [0.2, 0.25) is 0 Å². The van der Waals surface area contributed by atoms with Gasteiger partial charge < -0.3 is 10.1 Å². The van der Waals surface area contributed by atoms with E-state index in [0.29, 0.717) is 11.3 Å². The fraction of sp³-hybridized carbons (Fsp3) is 0.143. The number of rotatable bonds is 8. The summed E-state index contributed by atoms with van der Waals surface area (Å²) in [5, 5.41) is 7.08. The summed E-state index contributed by atoms with van der Waals surface area (Å²) in [6.07, 6.45) is 0. The summed E-state index contributed by atoms with van der Waals surface area (Å²) in [4.78, 5) is 24.7. The van der Waals surface area contributed by atoms with E-state index in [1.54, 1.807) is 47.4 Å². The Labute approximate surface area is 166 Å². The van der Waals surface area contributed by atoms with Crippen molar-refractivity contribution in [2.24, 2.45) is 0 Å². The molecule has 1 N–H and O–H groups in total. The van der Waals surface area contributed by atoms with E-state index in [9.17, 15) is 9.59 Å². The van der Waals surface area contributed by atoms with Crippen molar-refractivity contribution in [1.82, 2.24) is 0 Å². The van der Waals surface area contributed by atoms with Crippen molar-refractivity contribution < 1.29 is 14.3 Å². The number of anilines is 1. The zero-order valence-electron chi connectivity index (χ0n) is 14.8. The molecule has 1 aromatic heterocycles. The summed E-state index contributed by atoms with van der Waals surface area (Å²) in [6.45, 7) is 1.38. The minimum Gasteiger partial charge on any atom is -0.484 e. The molecule has 0 saturated heterocycles. The molecule has 0 atom stereocenters. The number of ether oxygens (including phenoxy) is 1. The van der Waals surface area contributed by atoms with Crippen molar-refractivity contribution in [2.45, 2.75) is 17.6 Å². The Morgan fingerprint density at radius 2 is 1.96 bits per heavy atom. The van der Waals surface area contributed by atoms with Gasteiger partial charge in [-0.1, -0.05) is 24.3 Å². The van der Waals surface area contributed by atoms with Crippen LogP contribution in [0.4, 0.5) is 5.69 Å². The Morgan fingerprint density at radius 3 is 2.74 bits per heavy atom. The second-order valence-electron chi connectivity index (χ2n) is 5.84. The number of benzene rings is 2. The average Bonchev–Trinajstić information content (AvgIpc) is 3.19. The van der Waals surface area contributed by atoms with E-state index in [1.165, 1.54) is 12.5 Å². The maximum absolute atomic E-state index is 12.3. The molecule has 0 bridgehead atoms. The van der Waals surface area contributed by atoms with E-state index in [-0.39, 0.29) is 18.3 Å². The fourth-order valence-corrected chi connectivity index (χ4v) is 4.10. The first-order valence-electron chi connectivity index (χ1n) is 8.38. The van der Waals surface area contributed by atoms with Crippen molar-refractivity contribution >= 4 is 40.5 Å². The Hall–Kier alpha value is -2.57. The Morgan fingerprint density at radius 1 is 1.11 bits per heavy atom. The van der Waals surface area contributed by atoms with Gasteiger partial charge in [0.1, 0.15) is 5.75 Å². The van der Waals surface area contributed by atoms with Gasteiger partial charge in [-0.15, -0.1) is 11.8 Å². The van der Waals surface area contributed by atoms with Gasteiger partial charge >= 0.3 is 0 Å². The van der Waals surface area contributed by atoms with E-state index in [1.807, 2.05) is 24.3 Å². The highest BCUT2D eigenvalue weighted by atomic mass is 32.2. The van der Waals surface area contributed by atoms with Crippen LogP contribution in [0.3, 0.4) is 0 Å². The van der Waals surface area contributed by atoms with Crippen LogP contribution in [0, 0.1) is 0 Å². The number of carbonyl (C=O) groups excluding carboxylic acids is 2. The number of hydrogen-bond acceptors (Lipinski definition) is 5. The zero-order valence-corrected chi connectivity index (χ0v) is 16.4. The Balaban J connectivity index is 1.57. The predicted molar refractivity (Wildman–Crippen MR) is 111 cm³/mol. The van der Waals surface area contributed by atoms with Crippen LogP contribution in [-0.4, -0.2) is 18.3 Å². The molecule has 2 aromatic carbocycles. The summed E-state index contributed by atoms with van der Waals surface area (Å²) >= 11 is 3.36. The minimum atomic E-state index is -0.244. The van der Waals surface area contributed by atoms with Gasteiger partial charge in [0.15, 0.2) is 12.4 Å². The maximum atomic E-state index is 12.3. The van der Waals surface area contributed by atoms with Gasteiger partial charge in [0, 0.05) is 16.2 Å². The van der Waals surface area contributed by atoms with Gasteiger partial charge in [0.25, 0.3) is 5.91 Å². The molecule has 0 spiro atoms. The lowest BCUT2D eigenvalue weighted by Crippen LogP contribution is -2.20. The highest BCUT2D eigenvalue weighted by molar-refractivity contribution is 7.98. The lowest BCUT2D eigenvalue weighted by atomic mass is 10.1. The van der Waals surface area contributed by atoms with Crippen LogP contribution in [0.15, 0.2) is 70.3 Å². The summed E-state index contributed by atoms with van der Waals surface area (Å²) < 4.78 is 5.52. The number of amides is 1. The third kappa shape index (κ3) is 5.70. The lowest BCUT2D eigenvalue weighted by Gasteiger charge is -2.11. The molecule has 1 heterocycles. The fourth-order valence-electron chi connectivity index (χ4n) is 2.37. The van der Waals surface area contributed by atoms with Crippen LogP contribution in [-0.2, 0) is 10.5 Å². The van der Waals surface area contributed by atoms with Gasteiger partial charge in [0.05, 0.1) is 5.69 Å². The molecule has 1 amide bonds. The molecule has 3 rings (SSSR count). The Kier molecular flexibility index (Phi) is 6.68. The number of thioether (sulfide) groups is 1. The van der Waals surface area contributed by atoms with Crippen LogP contribution in [0.1, 0.15) is 22.8 Å². The molecule has 0 aliphatic carbocycles. The van der Waals surface area contributed by atoms with Crippen molar-refractivity contribution in [3.8, 4) is 5.75 Å². The molecule has 138 valence electrons. The topological polar surface area (TPSA) is 55.4 Å². The standard InChI is InChI=1S/C21H19NO3S2/c1-15(23)17-5-4-6-18(11-17)25-12-21(24)22-19-7-2-3-8-20(19)27-14-16-9-10-26-13-16/h2-11,13H,12,14H2,1H3,(H,22,24). The molecular weight excluding hydrogens is 378 g/mol. The molecule has 0 aliphatic heterocycles. The molecule has 27 heavy (non-hydrogen) atoms. The summed E-state index contributed by atoms with van der Waals surface area (Å²) in [7, 11) is 0. The summed E-state index contributed by atoms with van der Waals surface area (Å²) in [6, 6.07) is 16.6. The number of hydrogen-bond donors (Lipinski definition) is 1. The normalized spacial score (nSPS) is 10.4. The number of Topliss-reactive ketones (excluding diaryl/α,β-unsaturated/α-hetero) is 1. The molecule has 0 fully saturated rings. The third-order valence-corrected chi connectivity index (χ3v) is 5.62. The van der Waals surface area contributed by atoms with Crippen molar-refractivity contribution in [2.75, 3.05) is 11.9 Å². The molecule has 3 aromatic rings. The highest BCUT2D eigenvalue weighted by Crippen LogP contribution is 2.30. The van der Waals surface area contributed by atoms with E-state index < -0.39 is 0 Å². The second-order valence-corrected chi connectivity index (χ2v) is 7.63. The number of thiophene rings is 1. The number of ketones is 1. The van der Waals surface area contributed by atoms with Crippen LogP contribution in [0.25, 0.3) is 0 Å². The van der Waals surface area contributed by atoms with Crippen molar-refractivity contribution in [3.63, 3.8) is 0 Å². The van der Waals surface area contributed by atoms with Crippen LogP contribution < -0.4 is 10.1 Å². The van der Waals surface area contributed by atoms with Gasteiger partial charge in [-0.3, -0.25) is 9.59 Å². The van der Waals surface area contributed by atoms with Gasteiger partial charge in [-0.25, -0.2) is 0 Å². The predicted octanol–water partition coefficient (Wildman–Crippen LogP) is 5.26. The number of carbonyl (C=O) groups is 2. The van der Waals surface area contributed by atoms with Gasteiger partial charge in [-0.2, -0.15) is 11.3 Å².